The monoisotopic (exact) mass is 252 g/mol. The van der Waals surface area contributed by atoms with Crippen LogP contribution >= 0.6 is 11.8 Å². The lowest BCUT2D eigenvalue weighted by Crippen LogP contribution is -2.34. The number of nitrogens with zero attached hydrogens (tertiary/aromatic N) is 1. The zero-order valence-electron chi connectivity index (χ0n) is 9.66. The molecule has 0 aromatic heterocycles. The van der Waals surface area contributed by atoms with Gasteiger partial charge >= 0.3 is 0 Å². The van der Waals surface area contributed by atoms with Crippen LogP contribution < -0.4 is 5.32 Å². The maximum Gasteiger partial charge on any atom is 0.252 e. The van der Waals surface area contributed by atoms with Crippen LogP contribution in [-0.2, 0) is 4.79 Å². The van der Waals surface area contributed by atoms with Crippen LogP contribution in [0, 0.1) is 5.82 Å². The molecule has 3 nitrogen and oxygen atoms in total. The van der Waals surface area contributed by atoms with Crippen molar-refractivity contribution in [1.29, 1.82) is 0 Å². The van der Waals surface area contributed by atoms with E-state index in [-0.39, 0.29) is 11.7 Å². The van der Waals surface area contributed by atoms with Gasteiger partial charge in [0.2, 0.25) is 0 Å². The van der Waals surface area contributed by atoms with Gasteiger partial charge in [0.05, 0.1) is 5.75 Å². The van der Waals surface area contributed by atoms with Crippen molar-refractivity contribution < 1.29 is 9.18 Å². The van der Waals surface area contributed by atoms with Gasteiger partial charge in [0.25, 0.3) is 5.91 Å². The average molecular weight is 252 g/mol. The fraction of sp³-hybridized carbons (Fsp3) is 0.333. The van der Waals surface area contributed by atoms with Crippen LogP contribution in [0.2, 0.25) is 0 Å². The quantitative estimate of drug-likeness (QED) is 0.838. The summed E-state index contributed by atoms with van der Waals surface area (Å²) in [4.78, 5) is 16.7. The minimum Gasteiger partial charge on any atom is -0.312 e. The molecule has 2 rings (SSSR count). The molecule has 1 aliphatic heterocycles. The Balaban J connectivity index is 1.96. The third kappa shape index (κ3) is 2.85. The summed E-state index contributed by atoms with van der Waals surface area (Å²) < 4.78 is 12.7. The van der Waals surface area contributed by atoms with Crippen LogP contribution in [0.1, 0.15) is 13.8 Å². The fourth-order valence-corrected chi connectivity index (χ4v) is 2.22. The fourth-order valence-electron chi connectivity index (χ4n) is 1.45. The van der Waals surface area contributed by atoms with Gasteiger partial charge in [0, 0.05) is 4.90 Å². The molecule has 0 radical (unpaired) electrons. The van der Waals surface area contributed by atoms with E-state index in [2.05, 4.69) is 10.3 Å². The highest BCUT2D eigenvalue weighted by atomic mass is 32.2. The Bertz CT molecular complexity index is 468. The highest BCUT2D eigenvalue weighted by Gasteiger charge is 2.33. The molecule has 0 unspecified atom stereocenters. The van der Waals surface area contributed by atoms with E-state index < -0.39 is 5.54 Å². The number of halogens is 1. The number of nitrogens with one attached hydrogen (secondary N) is 1. The highest BCUT2D eigenvalue weighted by Crippen LogP contribution is 2.21. The average Bonchev–Trinajstić information content (AvgIpc) is 2.52. The van der Waals surface area contributed by atoms with E-state index in [9.17, 15) is 9.18 Å². The number of hydrogen-bond acceptors (Lipinski definition) is 3. The number of carbonyl (C=O) groups excluding carboxylic acids is 1. The molecular weight excluding hydrogens is 239 g/mol. The molecule has 0 spiro atoms. The van der Waals surface area contributed by atoms with Gasteiger partial charge in [-0.05, 0) is 38.1 Å². The maximum atomic E-state index is 12.7. The van der Waals surface area contributed by atoms with Crippen molar-refractivity contribution in [1.82, 2.24) is 5.32 Å². The number of aliphatic imine (C=N–C) groups is 1. The van der Waals surface area contributed by atoms with Gasteiger partial charge in [0.1, 0.15) is 17.2 Å². The zero-order chi connectivity index (χ0) is 12.5. The second-order valence-corrected chi connectivity index (χ2v) is 5.36. The number of carbonyl (C=O) groups is 1. The Morgan fingerprint density at radius 2 is 2.00 bits per heavy atom. The van der Waals surface area contributed by atoms with Crippen molar-refractivity contribution in [2.24, 2.45) is 4.99 Å². The molecular formula is C12H13FN2OS. The number of thioether (sulfide) groups is 1. The van der Waals surface area contributed by atoms with Gasteiger partial charge in [-0.1, -0.05) is 0 Å². The minimum atomic E-state index is -0.668. The summed E-state index contributed by atoms with van der Waals surface area (Å²) in [5.41, 5.74) is -0.668. The van der Waals surface area contributed by atoms with Gasteiger partial charge in [-0.2, -0.15) is 0 Å². The van der Waals surface area contributed by atoms with Gasteiger partial charge in [-0.3, -0.25) is 9.79 Å². The van der Waals surface area contributed by atoms with E-state index in [0.717, 1.165) is 4.90 Å². The first kappa shape index (κ1) is 12.1. The molecule has 0 saturated heterocycles. The van der Waals surface area contributed by atoms with Crippen LogP contribution in [-0.4, -0.2) is 23.0 Å². The van der Waals surface area contributed by atoms with Crippen LogP contribution in [0.25, 0.3) is 0 Å². The van der Waals surface area contributed by atoms with Crippen LogP contribution in [0.15, 0.2) is 34.2 Å². The molecule has 0 fully saturated rings. The Kier molecular flexibility index (Phi) is 3.19. The van der Waals surface area contributed by atoms with Crippen molar-refractivity contribution in [3.05, 3.63) is 30.1 Å². The molecule has 17 heavy (non-hydrogen) atoms. The van der Waals surface area contributed by atoms with E-state index in [1.165, 1.54) is 23.9 Å². The molecule has 1 aromatic carbocycles. The summed E-state index contributed by atoms with van der Waals surface area (Å²) in [5.74, 6) is 0.935. The van der Waals surface area contributed by atoms with Crippen molar-refractivity contribution >= 4 is 23.5 Å². The van der Waals surface area contributed by atoms with Crippen LogP contribution in [0.4, 0.5) is 4.39 Å². The number of benzene rings is 1. The second kappa shape index (κ2) is 4.49. The zero-order valence-corrected chi connectivity index (χ0v) is 10.5. The van der Waals surface area contributed by atoms with E-state index in [0.29, 0.717) is 11.6 Å². The van der Waals surface area contributed by atoms with Crippen LogP contribution in [0.5, 0.6) is 0 Å². The molecule has 1 heterocycles. The van der Waals surface area contributed by atoms with E-state index in [4.69, 9.17) is 0 Å². The summed E-state index contributed by atoms with van der Waals surface area (Å²) in [6, 6.07) is 6.26. The third-order valence-corrected chi connectivity index (χ3v) is 3.44. The summed E-state index contributed by atoms with van der Waals surface area (Å²) in [7, 11) is 0. The molecule has 1 amide bonds. The molecule has 1 N–H and O–H groups in total. The van der Waals surface area contributed by atoms with Crippen molar-refractivity contribution in [2.75, 3.05) is 5.75 Å². The third-order valence-electron chi connectivity index (χ3n) is 2.42. The Morgan fingerprint density at radius 1 is 1.35 bits per heavy atom. The second-order valence-electron chi connectivity index (χ2n) is 4.31. The van der Waals surface area contributed by atoms with Gasteiger partial charge < -0.3 is 5.32 Å². The summed E-state index contributed by atoms with van der Waals surface area (Å²) >= 11 is 1.52. The Morgan fingerprint density at radius 3 is 2.53 bits per heavy atom. The Hall–Kier alpha value is -1.36. The summed E-state index contributed by atoms with van der Waals surface area (Å²) in [6.07, 6.45) is 0. The molecule has 0 aliphatic carbocycles. The van der Waals surface area contributed by atoms with Gasteiger partial charge in [-0.25, -0.2) is 4.39 Å². The largest absolute Gasteiger partial charge is 0.312 e. The molecule has 0 saturated carbocycles. The topological polar surface area (TPSA) is 41.5 Å². The van der Waals surface area contributed by atoms with Gasteiger partial charge in [-0.15, -0.1) is 11.8 Å². The van der Waals surface area contributed by atoms with E-state index >= 15 is 0 Å². The number of amidine groups is 1. The predicted molar refractivity (Wildman–Crippen MR) is 66.8 cm³/mol. The summed E-state index contributed by atoms with van der Waals surface area (Å²) in [5, 5.41) is 2.74. The van der Waals surface area contributed by atoms with Gasteiger partial charge in [0.15, 0.2) is 0 Å². The normalized spacial score (nSPS) is 17.8. The van der Waals surface area contributed by atoms with E-state index in [1.807, 2.05) is 0 Å². The lowest BCUT2D eigenvalue weighted by atomic mass is 10.1. The smallest absolute Gasteiger partial charge is 0.252 e. The lowest BCUT2D eigenvalue weighted by Gasteiger charge is -2.07. The lowest BCUT2D eigenvalue weighted by molar-refractivity contribution is -0.122. The first-order chi connectivity index (χ1) is 7.97. The SMILES string of the molecule is CC1(C)N=C(CSc2ccc(F)cc2)NC1=O. The first-order valence-electron chi connectivity index (χ1n) is 5.26. The highest BCUT2D eigenvalue weighted by molar-refractivity contribution is 8.00. The predicted octanol–water partition coefficient (Wildman–Crippen LogP) is 2.22. The maximum absolute atomic E-state index is 12.7. The van der Waals surface area contributed by atoms with Crippen molar-refractivity contribution in [3.63, 3.8) is 0 Å². The summed E-state index contributed by atoms with van der Waals surface area (Å²) in [6.45, 7) is 3.55. The van der Waals surface area contributed by atoms with E-state index in [1.54, 1.807) is 26.0 Å². The Labute approximate surface area is 104 Å². The molecule has 1 aliphatic rings. The number of hydrogen-bond donors (Lipinski definition) is 1. The van der Waals surface area contributed by atoms with Crippen LogP contribution in [0.3, 0.4) is 0 Å². The van der Waals surface area contributed by atoms with Crippen molar-refractivity contribution in [3.8, 4) is 0 Å². The minimum absolute atomic E-state index is 0.0767. The molecule has 90 valence electrons. The standard InChI is InChI=1S/C12H13FN2OS/c1-12(2)11(16)14-10(15-12)7-17-9-5-3-8(13)4-6-9/h3-6H,7H2,1-2H3,(H,14,15,16). The molecule has 1 aromatic rings. The number of rotatable bonds is 3. The van der Waals surface area contributed by atoms with Crippen molar-refractivity contribution in [2.45, 2.75) is 24.3 Å². The molecule has 0 bridgehead atoms. The first-order valence-corrected chi connectivity index (χ1v) is 6.24. The number of amides is 1. The molecule has 0 atom stereocenters. The molecule has 5 heteroatoms.